The first-order valence-corrected chi connectivity index (χ1v) is 12.8. The van der Waals surface area contributed by atoms with E-state index < -0.39 is 6.04 Å². The number of hydrogen-bond acceptors (Lipinski definition) is 5. The van der Waals surface area contributed by atoms with E-state index in [0.29, 0.717) is 36.5 Å². The zero-order valence-corrected chi connectivity index (χ0v) is 20.0. The number of benzene rings is 1. The molecule has 4 rings (SSSR count). The van der Waals surface area contributed by atoms with Gasteiger partial charge in [0.15, 0.2) is 0 Å². The van der Waals surface area contributed by atoms with Crippen LogP contribution in [0.5, 0.6) is 0 Å². The number of piperidine rings is 1. The van der Waals surface area contributed by atoms with E-state index in [2.05, 4.69) is 35.9 Å². The maximum absolute atomic E-state index is 13.2. The van der Waals surface area contributed by atoms with Crippen molar-refractivity contribution in [1.82, 2.24) is 15.5 Å². The zero-order chi connectivity index (χ0) is 23.4. The van der Waals surface area contributed by atoms with Crippen LogP contribution in [0.3, 0.4) is 0 Å². The van der Waals surface area contributed by atoms with E-state index in [9.17, 15) is 14.4 Å². The fourth-order valence-electron chi connectivity index (χ4n) is 5.78. The number of unbranched alkanes of at least 4 members (excludes halogenated alkanes) is 1. The van der Waals surface area contributed by atoms with E-state index >= 15 is 0 Å². The van der Waals surface area contributed by atoms with Crippen molar-refractivity contribution in [3.8, 4) is 0 Å². The van der Waals surface area contributed by atoms with Gasteiger partial charge < -0.3 is 15.5 Å². The molecular formula is C26H38N4O3. The average Bonchev–Trinajstić information content (AvgIpc) is 3.14. The summed E-state index contributed by atoms with van der Waals surface area (Å²) in [5.74, 6) is -0.101. The van der Waals surface area contributed by atoms with Crippen molar-refractivity contribution in [1.29, 1.82) is 0 Å². The summed E-state index contributed by atoms with van der Waals surface area (Å²) in [6.07, 6.45) is 9.01. The molecule has 0 radical (unpaired) electrons. The van der Waals surface area contributed by atoms with E-state index in [4.69, 9.17) is 0 Å². The van der Waals surface area contributed by atoms with Crippen LogP contribution in [0.2, 0.25) is 0 Å². The van der Waals surface area contributed by atoms with Crippen LogP contribution in [0.1, 0.15) is 87.6 Å². The number of nitrogens with one attached hydrogen (secondary N) is 3. The van der Waals surface area contributed by atoms with Crippen LogP contribution in [0, 0.1) is 5.92 Å². The van der Waals surface area contributed by atoms with Crippen LogP contribution >= 0.6 is 0 Å². The monoisotopic (exact) mass is 454 g/mol. The lowest BCUT2D eigenvalue weighted by Gasteiger charge is -2.35. The molecule has 33 heavy (non-hydrogen) atoms. The molecule has 1 aromatic carbocycles. The highest BCUT2D eigenvalue weighted by Gasteiger charge is 2.40. The highest BCUT2D eigenvalue weighted by molar-refractivity contribution is 6.06. The van der Waals surface area contributed by atoms with E-state index in [1.54, 1.807) is 4.90 Å². The molecule has 3 amide bonds. The number of carbonyl (C=O) groups excluding carboxylic acids is 3. The summed E-state index contributed by atoms with van der Waals surface area (Å²) in [4.78, 5) is 38.8. The summed E-state index contributed by atoms with van der Waals surface area (Å²) in [7, 11) is 0. The summed E-state index contributed by atoms with van der Waals surface area (Å²) in [6.45, 7) is 5.85. The van der Waals surface area contributed by atoms with E-state index in [1.165, 1.54) is 38.5 Å². The van der Waals surface area contributed by atoms with E-state index in [-0.39, 0.29) is 24.1 Å². The Balaban J connectivity index is 1.49. The molecule has 180 valence electrons. The molecule has 2 fully saturated rings. The van der Waals surface area contributed by atoms with Gasteiger partial charge in [0.05, 0.1) is 0 Å². The third-order valence-corrected chi connectivity index (χ3v) is 7.63. The standard InChI is InChI=1S/C26H38N4O3/c1-3-5-8-21(17-10-12-18(13-11-17)27-4-2)28-22-9-6-7-19-20(22)16-30(26(19)33)23-14-15-24(31)29-25(23)32/h6-7,9,17-18,21,23,27-28H,3-5,8,10-16H2,1-2H3,(H,29,31,32)/t17?,18?,21-,23-/m1/s1. The lowest BCUT2D eigenvalue weighted by Crippen LogP contribution is -2.52. The van der Waals surface area contributed by atoms with Crippen LogP contribution in [0.4, 0.5) is 5.69 Å². The maximum atomic E-state index is 13.2. The molecule has 0 aromatic heterocycles. The molecule has 7 nitrogen and oxygen atoms in total. The van der Waals surface area contributed by atoms with Crippen LogP contribution in [0.25, 0.3) is 0 Å². The molecule has 1 aliphatic carbocycles. The van der Waals surface area contributed by atoms with Crippen LogP contribution in [0.15, 0.2) is 18.2 Å². The highest BCUT2D eigenvalue weighted by Crippen LogP contribution is 2.35. The first-order valence-electron chi connectivity index (χ1n) is 12.8. The fourth-order valence-corrected chi connectivity index (χ4v) is 5.78. The Hall–Kier alpha value is -2.41. The van der Waals surface area contributed by atoms with Crippen molar-refractivity contribution >= 4 is 23.4 Å². The Labute approximate surface area is 197 Å². The summed E-state index contributed by atoms with van der Waals surface area (Å²) >= 11 is 0. The van der Waals surface area contributed by atoms with E-state index in [0.717, 1.165) is 24.2 Å². The van der Waals surface area contributed by atoms with Gasteiger partial charge in [-0.1, -0.05) is 32.8 Å². The van der Waals surface area contributed by atoms with Gasteiger partial charge >= 0.3 is 0 Å². The van der Waals surface area contributed by atoms with Gasteiger partial charge in [0.1, 0.15) is 6.04 Å². The number of hydrogen-bond donors (Lipinski definition) is 3. The molecule has 1 aromatic rings. The minimum atomic E-state index is -0.576. The largest absolute Gasteiger partial charge is 0.382 e. The Bertz CT molecular complexity index is 878. The van der Waals surface area contributed by atoms with Crippen LogP contribution < -0.4 is 16.0 Å². The number of nitrogens with zero attached hydrogens (tertiary/aromatic N) is 1. The third-order valence-electron chi connectivity index (χ3n) is 7.63. The Morgan fingerprint density at radius 1 is 1.09 bits per heavy atom. The normalized spacial score (nSPS) is 26.2. The first-order chi connectivity index (χ1) is 16.0. The zero-order valence-electron chi connectivity index (χ0n) is 20.0. The SMILES string of the molecule is CCCC[C@@H](Nc1cccc2c1CN([C@@H]1CCC(=O)NC1=O)C2=O)C1CCC(NCC)CC1. The molecule has 1 saturated heterocycles. The van der Waals surface area contributed by atoms with Gasteiger partial charge in [0.2, 0.25) is 11.8 Å². The molecule has 2 heterocycles. The molecule has 2 atom stereocenters. The van der Waals surface area contributed by atoms with Gasteiger partial charge in [-0.2, -0.15) is 0 Å². The van der Waals surface area contributed by atoms with Crippen LogP contribution in [-0.2, 0) is 16.1 Å². The number of rotatable bonds is 9. The molecule has 7 heteroatoms. The Morgan fingerprint density at radius 3 is 2.58 bits per heavy atom. The molecule has 3 aliphatic rings. The van der Waals surface area contributed by atoms with Gasteiger partial charge in [-0.25, -0.2) is 0 Å². The van der Waals surface area contributed by atoms with Gasteiger partial charge in [-0.3, -0.25) is 19.7 Å². The van der Waals surface area contributed by atoms with Gasteiger partial charge in [-0.15, -0.1) is 0 Å². The first kappa shape index (κ1) is 23.7. The number of imide groups is 1. The van der Waals surface area contributed by atoms with Crippen molar-refractivity contribution in [2.75, 3.05) is 11.9 Å². The number of fused-ring (bicyclic) bond motifs is 1. The predicted octanol–water partition coefficient (Wildman–Crippen LogP) is 3.59. The summed E-state index contributed by atoms with van der Waals surface area (Å²) in [6, 6.07) is 6.32. The minimum absolute atomic E-state index is 0.112. The maximum Gasteiger partial charge on any atom is 0.255 e. The third kappa shape index (κ3) is 5.24. The molecule has 2 aliphatic heterocycles. The fraction of sp³-hybridized carbons (Fsp3) is 0.654. The minimum Gasteiger partial charge on any atom is -0.382 e. The second kappa shape index (κ2) is 10.7. The smallest absolute Gasteiger partial charge is 0.255 e. The van der Waals surface area contributed by atoms with Gasteiger partial charge in [0.25, 0.3) is 5.91 Å². The number of amides is 3. The van der Waals surface area contributed by atoms with Gasteiger partial charge in [-0.05, 0) is 63.1 Å². The predicted molar refractivity (Wildman–Crippen MR) is 129 cm³/mol. The highest BCUT2D eigenvalue weighted by atomic mass is 16.2. The average molecular weight is 455 g/mol. The quantitative estimate of drug-likeness (QED) is 0.496. The number of carbonyl (C=O) groups is 3. The van der Waals surface area contributed by atoms with Crippen molar-refractivity contribution in [3.63, 3.8) is 0 Å². The molecule has 0 spiro atoms. The Kier molecular flexibility index (Phi) is 7.68. The second-order valence-corrected chi connectivity index (χ2v) is 9.79. The number of anilines is 1. The lowest BCUT2D eigenvalue weighted by atomic mass is 9.79. The van der Waals surface area contributed by atoms with Crippen molar-refractivity contribution in [2.45, 2.75) is 96.3 Å². The summed E-state index contributed by atoms with van der Waals surface area (Å²) in [5, 5.41) is 9.83. The topological polar surface area (TPSA) is 90.5 Å². The second-order valence-electron chi connectivity index (χ2n) is 9.79. The molecule has 0 bridgehead atoms. The molecule has 3 N–H and O–H groups in total. The van der Waals surface area contributed by atoms with Gasteiger partial charge in [0, 0.05) is 41.9 Å². The molecule has 1 saturated carbocycles. The van der Waals surface area contributed by atoms with Crippen molar-refractivity contribution in [2.24, 2.45) is 5.92 Å². The van der Waals surface area contributed by atoms with Crippen molar-refractivity contribution < 1.29 is 14.4 Å². The lowest BCUT2D eigenvalue weighted by molar-refractivity contribution is -0.136. The van der Waals surface area contributed by atoms with Crippen LogP contribution in [-0.4, -0.2) is 47.3 Å². The Morgan fingerprint density at radius 2 is 1.88 bits per heavy atom. The molecular weight excluding hydrogens is 416 g/mol. The molecule has 0 unspecified atom stereocenters. The van der Waals surface area contributed by atoms with Crippen molar-refractivity contribution in [3.05, 3.63) is 29.3 Å². The summed E-state index contributed by atoms with van der Waals surface area (Å²) in [5.41, 5.74) is 2.68. The summed E-state index contributed by atoms with van der Waals surface area (Å²) < 4.78 is 0. The van der Waals surface area contributed by atoms with E-state index in [1.807, 2.05) is 12.1 Å².